The number of hydrogen-bond donors (Lipinski definition) is 3. The first-order valence-corrected chi connectivity index (χ1v) is 9.31. The largest absolute Gasteiger partial charge is 0.491 e. The highest BCUT2D eigenvalue weighted by molar-refractivity contribution is 7.89. The van der Waals surface area contributed by atoms with Crippen molar-refractivity contribution in [3.8, 4) is 5.75 Å². The number of amides is 1. The van der Waals surface area contributed by atoms with Gasteiger partial charge in [0.15, 0.2) is 5.76 Å². The number of carbonyl (C=O) groups is 1. The van der Waals surface area contributed by atoms with Crippen LogP contribution < -0.4 is 14.8 Å². The summed E-state index contributed by atoms with van der Waals surface area (Å²) < 4.78 is 72.6. The molecule has 1 atom stereocenters. The Morgan fingerprint density at radius 2 is 1.86 bits per heavy atom. The van der Waals surface area contributed by atoms with Gasteiger partial charge in [0.2, 0.25) is 5.09 Å². The van der Waals surface area contributed by atoms with Gasteiger partial charge in [-0.2, -0.15) is 13.2 Å². The van der Waals surface area contributed by atoms with Gasteiger partial charge in [-0.1, -0.05) is 0 Å². The minimum Gasteiger partial charge on any atom is -0.491 e. The number of nitrogens with one attached hydrogen (secondary N) is 2. The molecule has 3 N–H and O–H groups in total. The van der Waals surface area contributed by atoms with E-state index in [-0.39, 0.29) is 24.7 Å². The summed E-state index contributed by atoms with van der Waals surface area (Å²) in [4.78, 5) is 11.9. The van der Waals surface area contributed by atoms with Gasteiger partial charge in [0, 0.05) is 6.54 Å². The van der Waals surface area contributed by atoms with Crippen LogP contribution in [0, 0.1) is 0 Å². The first kappa shape index (κ1) is 21.7. The van der Waals surface area contributed by atoms with Gasteiger partial charge in [-0.05, 0) is 43.4 Å². The van der Waals surface area contributed by atoms with Crippen LogP contribution in [0.4, 0.5) is 13.2 Å². The molecule has 0 saturated carbocycles. The van der Waals surface area contributed by atoms with E-state index in [0.29, 0.717) is 0 Å². The number of aliphatic hydroxyl groups is 1. The van der Waals surface area contributed by atoms with Crippen molar-refractivity contribution >= 4 is 15.9 Å². The Bertz CT molecular complexity index is 909. The third-order valence-electron chi connectivity index (χ3n) is 3.46. The molecule has 8 nitrogen and oxygen atoms in total. The molecule has 1 aromatic carbocycles. The predicted octanol–water partition coefficient (Wildman–Crippen LogP) is 1.38. The number of carbonyl (C=O) groups excluding carboxylic acids is 1. The van der Waals surface area contributed by atoms with Crippen molar-refractivity contribution in [3.63, 3.8) is 0 Å². The van der Waals surface area contributed by atoms with E-state index in [1.165, 1.54) is 7.05 Å². The number of benzene rings is 1. The lowest BCUT2D eigenvalue weighted by Gasteiger charge is -2.13. The van der Waals surface area contributed by atoms with Gasteiger partial charge in [-0.15, -0.1) is 0 Å². The number of aliphatic hydroxyl groups excluding tert-OH is 1. The van der Waals surface area contributed by atoms with E-state index in [9.17, 15) is 31.5 Å². The molecule has 2 rings (SSSR count). The molecule has 0 aliphatic rings. The van der Waals surface area contributed by atoms with Crippen LogP contribution in [0.5, 0.6) is 5.75 Å². The van der Waals surface area contributed by atoms with Gasteiger partial charge in [-0.25, -0.2) is 13.1 Å². The van der Waals surface area contributed by atoms with Gasteiger partial charge < -0.3 is 19.6 Å². The van der Waals surface area contributed by atoms with Crippen LogP contribution >= 0.6 is 0 Å². The maximum atomic E-state index is 12.5. The second-order valence-electron chi connectivity index (χ2n) is 5.52. The summed E-state index contributed by atoms with van der Waals surface area (Å²) in [5.41, 5.74) is -0.828. The van der Waals surface area contributed by atoms with Crippen molar-refractivity contribution < 1.29 is 40.6 Å². The smallest absolute Gasteiger partial charge is 0.416 e. The van der Waals surface area contributed by atoms with Gasteiger partial charge in [0.05, 0.1) is 5.56 Å². The van der Waals surface area contributed by atoms with Crippen molar-refractivity contribution in [2.45, 2.75) is 17.4 Å². The third kappa shape index (κ3) is 5.71. The van der Waals surface area contributed by atoms with E-state index in [4.69, 9.17) is 9.15 Å². The summed E-state index contributed by atoms with van der Waals surface area (Å²) in [6.45, 7) is -0.544. The van der Waals surface area contributed by atoms with E-state index in [1.807, 2.05) is 4.72 Å². The number of alkyl halides is 3. The number of furan rings is 1. The maximum absolute atomic E-state index is 12.5. The third-order valence-corrected chi connectivity index (χ3v) is 4.75. The fourth-order valence-corrected chi connectivity index (χ4v) is 2.62. The summed E-state index contributed by atoms with van der Waals surface area (Å²) in [5, 5.41) is 11.7. The van der Waals surface area contributed by atoms with Gasteiger partial charge in [0.1, 0.15) is 18.5 Å². The predicted molar refractivity (Wildman–Crippen MR) is 90.2 cm³/mol. The molecule has 1 amide bonds. The van der Waals surface area contributed by atoms with Gasteiger partial charge in [-0.3, -0.25) is 4.79 Å². The summed E-state index contributed by atoms with van der Waals surface area (Å²) in [5.74, 6) is -0.915. The molecule has 0 spiro atoms. The zero-order chi connectivity index (χ0) is 20.9. The summed E-state index contributed by atoms with van der Waals surface area (Å²) in [7, 11) is -2.65. The number of sulfonamides is 1. The molecule has 0 aliphatic carbocycles. The van der Waals surface area contributed by atoms with Crippen LogP contribution in [0.2, 0.25) is 0 Å². The van der Waals surface area contributed by atoms with Crippen LogP contribution in [0.1, 0.15) is 16.1 Å². The van der Waals surface area contributed by atoms with Crippen molar-refractivity contribution in [3.05, 3.63) is 47.7 Å². The van der Waals surface area contributed by atoms with Crippen LogP contribution in [0.15, 0.2) is 45.9 Å². The van der Waals surface area contributed by atoms with Crippen molar-refractivity contribution in [2.24, 2.45) is 0 Å². The van der Waals surface area contributed by atoms with Crippen LogP contribution in [-0.2, 0) is 16.2 Å². The minimum absolute atomic E-state index is 0.117. The van der Waals surface area contributed by atoms with E-state index in [2.05, 4.69) is 5.32 Å². The fraction of sp³-hybridized carbons (Fsp3) is 0.312. The Morgan fingerprint density at radius 3 is 2.43 bits per heavy atom. The molecule has 2 aromatic rings. The lowest BCUT2D eigenvalue weighted by Crippen LogP contribution is -2.35. The average Bonchev–Trinajstić information content (AvgIpc) is 3.15. The molecule has 0 bridgehead atoms. The van der Waals surface area contributed by atoms with E-state index < -0.39 is 38.9 Å². The highest BCUT2D eigenvalue weighted by Crippen LogP contribution is 2.30. The van der Waals surface area contributed by atoms with Crippen LogP contribution in [0.25, 0.3) is 0 Å². The lowest BCUT2D eigenvalue weighted by atomic mass is 10.2. The van der Waals surface area contributed by atoms with Crippen LogP contribution in [0.3, 0.4) is 0 Å². The Balaban J connectivity index is 1.82. The Hall–Kier alpha value is -2.57. The maximum Gasteiger partial charge on any atom is 0.416 e. The molecular formula is C16H17F3N2O6S. The molecule has 12 heteroatoms. The standard InChI is InChI=1S/C16H17F3N2O6S/c1-20-28(24,25)14-7-6-13(27-14)15(23)21-8-11(22)9-26-12-4-2-10(3-5-12)16(17,18)19/h2-7,11,20,22H,8-9H2,1H3,(H,21,23). The lowest BCUT2D eigenvalue weighted by molar-refractivity contribution is -0.137. The van der Waals surface area contributed by atoms with Crippen molar-refractivity contribution in [2.75, 3.05) is 20.2 Å². The second-order valence-corrected chi connectivity index (χ2v) is 7.34. The number of rotatable bonds is 8. The monoisotopic (exact) mass is 422 g/mol. The zero-order valence-electron chi connectivity index (χ0n) is 14.5. The normalized spacial score (nSPS) is 13.2. The molecule has 0 aliphatic heterocycles. The quantitative estimate of drug-likeness (QED) is 0.592. The van der Waals surface area contributed by atoms with Crippen molar-refractivity contribution in [1.82, 2.24) is 10.0 Å². The average molecular weight is 422 g/mol. The van der Waals surface area contributed by atoms with Gasteiger partial charge >= 0.3 is 6.18 Å². The summed E-state index contributed by atoms with van der Waals surface area (Å²) in [6, 6.07) is 6.17. The molecule has 0 radical (unpaired) electrons. The summed E-state index contributed by atoms with van der Waals surface area (Å²) in [6.07, 6.45) is -5.62. The highest BCUT2D eigenvalue weighted by atomic mass is 32.2. The number of ether oxygens (including phenoxy) is 1. The molecule has 1 unspecified atom stereocenters. The zero-order valence-corrected chi connectivity index (χ0v) is 15.3. The number of halogens is 3. The summed E-state index contributed by atoms with van der Waals surface area (Å²) >= 11 is 0. The van der Waals surface area contributed by atoms with E-state index in [0.717, 1.165) is 36.4 Å². The fourth-order valence-electron chi connectivity index (χ4n) is 1.98. The first-order valence-electron chi connectivity index (χ1n) is 7.82. The second kappa shape index (κ2) is 8.63. The molecule has 28 heavy (non-hydrogen) atoms. The molecule has 0 saturated heterocycles. The Kier molecular flexibility index (Phi) is 6.69. The SMILES string of the molecule is CNS(=O)(=O)c1ccc(C(=O)NCC(O)COc2ccc(C(F)(F)F)cc2)o1. The molecule has 1 aromatic heterocycles. The first-order chi connectivity index (χ1) is 13.0. The van der Waals surface area contributed by atoms with Crippen molar-refractivity contribution in [1.29, 1.82) is 0 Å². The molecule has 154 valence electrons. The molecule has 1 heterocycles. The minimum atomic E-state index is -4.46. The topological polar surface area (TPSA) is 118 Å². The number of hydrogen-bond acceptors (Lipinski definition) is 6. The van der Waals surface area contributed by atoms with E-state index in [1.54, 1.807) is 0 Å². The Labute approximate surface area is 158 Å². The van der Waals surface area contributed by atoms with Crippen LogP contribution in [-0.4, -0.2) is 45.7 Å². The molecule has 0 fully saturated rings. The Morgan fingerprint density at radius 1 is 1.21 bits per heavy atom. The van der Waals surface area contributed by atoms with E-state index >= 15 is 0 Å². The van der Waals surface area contributed by atoms with Gasteiger partial charge in [0.25, 0.3) is 15.9 Å². The molecular weight excluding hydrogens is 405 g/mol. The highest BCUT2D eigenvalue weighted by Gasteiger charge is 2.30.